The van der Waals surface area contributed by atoms with Gasteiger partial charge in [-0.2, -0.15) is 4.98 Å². The minimum Gasteiger partial charge on any atom is -0.342 e. The van der Waals surface area contributed by atoms with Gasteiger partial charge in [-0.05, 0) is 30.4 Å². The number of hydrogen-bond acceptors (Lipinski definition) is 6. The molecule has 0 saturated carbocycles. The summed E-state index contributed by atoms with van der Waals surface area (Å²) < 4.78 is 0. The Morgan fingerprint density at radius 2 is 2.19 bits per heavy atom. The predicted molar refractivity (Wildman–Crippen MR) is 103 cm³/mol. The number of nitrogens with zero attached hydrogens (tertiary/aromatic N) is 4. The molecule has 1 unspecified atom stereocenters. The van der Waals surface area contributed by atoms with E-state index in [1.807, 2.05) is 0 Å². The number of rotatable bonds is 3. The van der Waals surface area contributed by atoms with E-state index in [-0.39, 0.29) is 11.2 Å². The molecule has 4 rings (SSSR count). The lowest BCUT2D eigenvalue weighted by Gasteiger charge is -2.31. The first kappa shape index (κ1) is 17.1. The molecule has 1 aliphatic heterocycles. The predicted octanol–water partition coefficient (Wildman–Crippen LogP) is 3.13. The van der Waals surface area contributed by atoms with Crippen molar-refractivity contribution >= 4 is 22.7 Å². The Morgan fingerprint density at radius 3 is 2.96 bits per heavy atom. The van der Waals surface area contributed by atoms with Crippen LogP contribution in [0.1, 0.15) is 19.8 Å². The molecule has 2 aromatic heterocycles. The van der Waals surface area contributed by atoms with Crippen molar-refractivity contribution in [3.63, 3.8) is 0 Å². The van der Waals surface area contributed by atoms with E-state index in [1.165, 1.54) is 18.6 Å². The molecule has 0 amide bonds. The van der Waals surface area contributed by atoms with Crippen LogP contribution in [0.25, 0.3) is 22.2 Å². The summed E-state index contributed by atoms with van der Waals surface area (Å²) >= 11 is 0. The molecule has 1 atom stereocenters. The third-order valence-electron chi connectivity index (χ3n) is 4.92. The second-order valence-corrected chi connectivity index (χ2v) is 6.95. The largest absolute Gasteiger partial charge is 0.342 e. The molecule has 0 spiro atoms. The van der Waals surface area contributed by atoms with Gasteiger partial charge in [0.15, 0.2) is 5.65 Å². The first-order chi connectivity index (χ1) is 13.0. The number of aromatic nitrogens is 3. The number of H-pyrrole nitrogens is 1. The standard InChI is InChI=1S/C19H19N5O3/c1-12-4-3-9-23(11-12)19-21-17-16(18(25)22-19)15(7-8-20-17)13-5-2-6-14(10-13)24(26)27/h2,5-8,10,12H,3-4,9,11H2,1H3,(H,20,21,22,25). The van der Waals surface area contributed by atoms with Crippen molar-refractivity contribution in [2.24, 2.45) is 5.92 Å². The van der Waals surface area contributed by atoms with E-state index in [4.69, 9.17) is 0 Å². The number of non-ortho nitro benzene ring substituents is 1. The van der Waals surface area contributed by atoms with Gasteiger partial charge in [0.1, 0.15) is 0 Å². The molecule has 1 N–H and O–H groups in total. The molecule has 138 valence electrons. The van der Waals surface area contributed by atoms with Crippen molar-refractivity contribution in [1.29, 1.82) is 0 Å². The lowest BCUT2D eigenvalue weighted by Crippen LogP contribution is -2.36. The molecular weight excluding hydrogens is 346 g/mol. The Balaban J connectivity index is 1.84. The minimum atomic E-state index is -0.453. The first-order valence-electron chi connectivity index (χ1n) is 8.92. The van der Waals surface area contributed by atoms with Gasteiger partial charge in [-0.15, -0.1) is 0 Å². The molecular formula is C19H19N5O3. The van der Waals surface area contributed by atoms with Crippen LogP contribution in [0.4, 0.5) is 11.6 Å². The van der Waals surface area contributed by atoms with Gasteiger partial charge in [-0.25, -0.2) is 4.98 Å². The van der Waals surface area contributed by atoms with Crippen LogP contribution < -0.4 is 10.5 Å². The number of nitro groups is 1. The van der Waals surface area contributed by atoms with Gasteiger partial charge in [0.05, 0.1) is 10.3 Å². The molecule has 0 radical (unpaired) electrons. The van der Waals surface area contributed by atoms with Gasteiger partial charge < -0.3 is 4.90 Å². The van der Waals surface area contributed by atoms with E-state index >= 15 is 0 Å². The van der Waals surface area contributed by atoms with E-state index in [0.717, 1.165) is 19.5 Å². The van der Waals surface area contributed by atoms with Crippen molar-refractivity contribution < 1.29 is 4.92 Å². The van der Waals surface area contributed by atoms with Crippen molar-refractivity contribution in [2.45, 2.75) is 19.8 Å². The van der Waals surface area contributed by atoms with E-state index in [0.29, 0.717) is 34.0 Å². The highest BCUT2D eigenvalue weighted by Crippen LogP contribution is 2.28. The van der Waals surface area contributed by atoms with Gasteiger partial charge in [0.2, 0.25) is 5.95 Å². The minimum absolute atomic E-state index is 0.0271. The van der Waals surface area contributed by atoms with E-state index < -0.39 is 4.92 Å². The van der Waals surface area contributed by atoms with Gasteiger partial charge in [0, 0.05) is 37.0 Å². The Kier molecular flexibility index (Phi) is 4.31. The number of nitro benzene ring substituents is 1. The molecule has 8 nitrogen and oxygen atoms in total. The number of anilines is 1. The van der Waals surface area contributed by atoms with Crippen LogP contribution in [0.5, 0.6) is 0 Å². The summed E-state index contributed by atoms with van der Waals surface area (Å²) in [6.45, 7) is 3.88. The highest BCUT2D eigenvalue weighted by molar-refractivity contribution is 5.92. The number of piperidine rings is 1. The van der Waals surface area contributed by atoms with Crippen LogP contribution >= 0.6 is 0 Å². The normalized spacial score (nSPS) is 17.2. The van der Waals surface area contributed by atoms with Crippen LogP contribution in [0, 0.1) is 16.0 Å². The van der Waals surface area contributed by atoms with Crippen LogP contribution in [0.15, 0.2) is 41.3 Å². The molecule has 27 heavy (non-hydrogen) atoms. The number of benzene rings is 1. The molecule has 3 aromatic rings. The maximum Gasteiger partial charge on any atom is 0.270 e. The van der Waals surface area contributed by atoms with E-state index in [2.05, 4.69) is 26.8 Å². The van der Waals surface area contributed by atoms with Crippen molar-refractivity contribution in [2.75, 3.05) is 18.0 Å². The second-order valence-electron chi connectivity index (χ2n) is 6.95. The molecule has 3 heterocycles. The molecule has 8 heteroatoms. The maximum absolute atomic E-state index is 12.8. The Bertz CT molecular complexity index is 1080. The second kappa shape index (κ2) is 6.79. The fourth-order valence-electron chi connectivity index (χ4n) is 3.61. The van der Waals surface area contributed by atoms with Crippen molar-refractivity contribution in [1.82, 2.24) is 15.0 Å². The topological polar surface area (TPSA) is 105 Å². The zero-order chi connectivity index (χ0) is 19.0. The quantitative estimate of drug-likeness (QED) is 0.565. The highest BCUT2D eigenvalue weighted by atomic mass is 16.6. The fourth-order valence-corrected chi connectivity index (χ4v) is 3.61. The van der Waals surface area contributed by atoms with Gasteiger partial charge >= 0.3 is 0 Å². The lowest BCUT2D eigenvalue weighted by molar-refractivity contribution is -0.384. The molecule has 0 bridgehead atoms. The van der Waals surface area contributed by atoms with Gasteiger partial charge in [0.25, 0.3) is 11.2 Å². The summed E-state index contributed by atoms with van der Waals surface area (Å²) in [5, 5.41) is 11.4. The Hall–Kier alpha value is -3.29. The van der Waals surface area contributed by atoms with Gasteiger partial charge in [-0.1, -0.05) is 19.1 Å². The van der Waals surface area contributed by atoms with Gasteiger partial charge in [-0.3, -0.25) is 19.9 Å². The van der Waals surface area contributed by atoms with Crippen LogP contribution in [0.3, 0.4) is 0 Å². The average molecular weight is 365 g/mol. The summed E-state index contributed by atoms with van der Waals surface area (Å²) in [6.07, 6.45) is 3.80. The summed E-state index contributed by atoms with van der Waals surface area (Å²) in [4.78, 5) is 37.2. The summed E-state index contributed by atoms with van der Waals surface area (Å²) in [5.74, 6) is 1.08. The Morgan fingerprint density at radius 1 is 1.33 bits per heavy atom. The number of nitrogens with one attached hydrogen (secondary N) is 1. The van der Waals surface area contributed by atoms with Crippen molar-refractivity contribution in [3.8, 4) is 11.1 Å². The fraction of sp³-hybridized carbons (Fsp3) is 0.316. The lowest BCUT2D eigenvalue weighted by atomic mass is 10.0. The molecule has 1 aromatic carbocycles. The van der Waals surface area contributed by atoms with E-state index in [1.54, 1.807) is 24.4 Å². The van der Waals surface area contributed by atoms with Crippen molar-refractivity contribution in [3.05, 3.63) is 57.0 Å². The number of pyridine rings is 1. The van der Waals surface area contributed by atoms with Crippen LogP contribution in [-0.4, -0.2) is 33.0 Å². The third kappa shape index (κ3) is 3.25. The monoisotopic (exact) mass is 365 g/mol. The zero-order valence-corrected chi connectivity index (χ0v) is 14.9. The SMILES string of the molecule is CC1CCCN(c2nc3nccc(-c4cccc([N+](=O)[O-])c4)c3c(=O)[nH]2)C1. The third-order valence-corrected chi connectivity index (χ3v) is 4.92. The number of fused-ring (bicyclic) bond motifs is 1. The van der Waals surface area contributed by atoms with E-state index in [9.17, 15) is 14.9 Å². The highest BCUT2D eigenvalue weighted by Gasteiger charge is 2.20. The number of hydrogen-bond donors (Lipinski definition) is 1. The summed E-state index contributed by atoms with van der Waals surface area (Å²) in [6, 6.07) is 7.90. The molecule has 1 fully saturated rings. The molecule has 1 saturated heterocycles. The summed E-state index contributed by atoms with van der Waals surface area (Å²) in [7, 11) is 0. The van der Waals surface area contributed by atoms with Crippen LogP contribution in [-0.2, 0) is 0 Å². The smallest absolute Gasteiger partial charge is 0.270 e. The number of aromatic amines is 1. The first-order valence-corrected chi connectivity index (χ1v) is 8.92. The zero-order valence-electron chi connectivity index (χ0n) is 14.9. The molecule has 0 aliphatic carbocycles. The Labute approximate surface area is 155 Å². The summed E-state index contributed by atoms with van der Waals surface area (Å²) in [5.41, 5.74) is 1.19. The molecule has 1 aliphatic rings. The maximum atomic E-state index is 12.8. The van der Waals surface area contributed by atoms with Crippen LogP contribution in [0.2, 0.25) is 0 Å². The average Bonchev–Trinajstić information content (AvgIpc) is 2.67.